The van der Waals surface area contributed by atoms with E-state index in [-0.39, 0.29) is 5.78 Å². The third-order valence-electron chi connectivity index (χ3n) is 3.87. The molecule has 2 aromatic heterocycles. The number of benzene rings is 1. The van der Waals surface area contributed by atoms with Crippen LogP contribution in [0.3, 0.4) is 0 Å². The topological polar surface area (TPSA) is 50.7 Å². The van der Waals surface area contributed by atoms with Gasteiger partial charge >= 0.3 is 0 Å². The molecule has 4 nitrogen and oxygen atoms in total. The van der Waals surface area contributed by atoms with Crippen LogP contribution in [0.25, 0.3) is 10.9 Å². The van der Waals surface area contributed by atoms with E-state index >= 15 is 0 Å². The maximum atomic E-state index is 12.6. The number of aromatic amines is 1. The second-order valence-corrected chi connectivity index (χ2v) is 5.29. The van der Waals surface area contributed by atoms with Gasteiger partial charge in [-0.1, -0.05) is 24.1 Å². The molecular weight excluding hydrogens is 274 g/mol. The van der Waals surface area contributed by atoms with Crippen LogP contribution in [0.1, 0.15) is 28.2 Å². The van der Waals surface area contributed by atoms with E-state index in [4.69, 9.17) is 6.42 Å². The van der Waals surface area contributed by atoms with Gasteiger partial charge in [-0.15, -0.1) is 6.42 Å². The van der Waals surface area contributed by atoms with Crippen LogP contribution < -0.4 is 0 Å². The van der Waals surface area contributed by atoms with Crippen molar-refractivity contribution in [1.29, 1.82) is 0 Å². The lowest BCUT2D eigenvalue weighted by Crippen LogP contribution is -2.02. The van der Waals surface area contributed by atoms with Gasteiger partial charge in [0.1, 0.15) is 0 Å². The Morgan fingerprint density at radius 1 is 1.41 bits per heavy atom. The number of hydrogen-bond donors (Lipinski definition) is 1. The van der Waals surface area contributed by atoms with Gasteiger partial charge in [-0.3, -0.25) is 4.79 Å². The molecule has 0 amide bonds. The summed E-state index contributed by atoms with van der Waals surface area (Å²) in [4.78, 5) is 19.9. The number of aryl methyl sites for hydroxylation is 2. The SMILES string of the molecule is C#CCn1cc(C(=O)CCc2nc[nH]c2C)c2ccccc21. The van der Waals surface area contributed by atoms with Crippen molar-refractivity contribution in [2.75, 3.05) is 0 Å². The zero-order chi connectivity index (χ0) is 15.5. The van der Waals surface area contributed by atoms with Crippen molar-refractivity contribution in [2.45, 2.75) is 26.3 Å². The lowest BCUT2D eigenvalue weighted by molar-refractivity contribution is 0.0984. The van der Waals surface area contributed by atoms with Gasteiger partial charge in [0.15, 0.2) is 5.78 Å². The molecule has 0 saturated heterocycles. The smallest absolute Gasteiger partial charge is 0.165 e. The molecule has 0 unspecified atom stereocenters. The van der Waals surface area contributed by atoms with Crippen molar-refractivity contribution in [2.24, 2.45) is 0 Å². The Hall–Kier alpha value is -2.80. The van der Waals surface area contributed by atoms with E-state index < -0.39 is 0 Å². The highest BCUT2D eigenvalue weighted by molar-refractivity contribution is 6.08. The van der Waals surface area contributed by atoms with E-state index in [0.717, 1.165) is 27.9 Å². The van der Waals surface area contributed by atoms with E-state index in [2.05, 4.69) is 15.9 Å². The highest BCUT2D eigenvalue weighted by atomic mass is 16.1. The highest BCUT2D eigenvalue weighted by Gasteiger charge is 2.15. The molecule has 3 rings (SSSR count). The van der Waals surface area contributed by atoms with Gasteiger partial charge < -0.3 is 9.55 Å². The average Bonchev–Trinajstić information content (AvgIpc) is 3.10. The zero-order valence-electron chi connectivity index (χ0n) is 12.5. The van der Waals surface area contributed by atoms with Crippen LogP contribution in [0.5, 0.6) is 0 Å². The molecule has 0 fully saturated rings. The summed E-state index contributed by atoms with van der Waals surface area (Å²) in [5.41, 5.74) is 3.70. The van der Waals surface area contributed by atoms with Crippen LogP contribution in [0.4, 0.5) is 0 Å². The number of aromatic nitrogens is 3. The van der Waals surface area contributed by atoms with Crippen molar-refractivity contribution < 1.29 is 4.79 Å². The van der Waals surface area contributed by atoms with E-state index in [0.29, 0.717) is 19.4 Å². The molecule has 0 aliphatic rings. The predicted octanol–water partition coefficient (Wildman–Crippen LogP) is 3.12. The molecule has 0 atom stereocenters. The number of nitrogens with one attached hydrogen (secondary N) is 1. The fraction of sp³-hybridized carbons (Fsp3) is 0.222. The lowest BCUT2D eigenvalue weighted by atomic mass is 10.0. The van der Waals surface area contributed by atoms with Crippen LogP contribution in [0, 0.1) is 19.3 Å². The minimum Gasteiger partial charge on any atom is -0.348 e. The average molecular weight is 291 g/mol. The van der Waals surface area contributed by atoms with Gasteiger partial charge in [-0.25, -0.2) is 4.98 Å². The van der Waals surface area contributed by atoms with Gasteiger partial charge in [0.25, 0.3) is 0 Å². The summed E-state index contributed by atoms with van der Waals surface area (Å²) in [6.07, 6.45) is 10.0. The van der Waals surface area contributed by atoms with Gasteiger partial charge in [-0.2, -0.15) is 0 Å². The molecule has 4 heteroatoms. The second-order valence-electron chi connectivity index (χ2n) is 5.29. The van der Waals surface area contributed by atoms with E-state index in [1.54, 1.807) is 6.33 Å². The fourth-order valence-corrected chi connectivity index (χ4v) is 2.70. The van der Waals surface area contributed by atoms with Crippen LogP contribution in [0.15, 0.2) is 36.8 Å². The Labute approximate surface area is 129 Å². The van der Waals surface area contributed by atoms with Crippen molar-refractivity contribution in [3.05, 3.63) is 53.7 Å². The third-order valence-corrected chi connectivity index (χ3v) is 3.87. The monoisotopic (exact) mass is 291 g/mol. The number of H-pyrrole nitrogens is 1. The number of ketones is 1. The standard InChI is InChI=1S/C18H17N3O/c1-3-10-21-11-15(14-6-4-5-7-17(14)21)18(22)9-8-16-13(2)19-12-20-16/h1,4-7,11-12H,8-10H2,2H3,(H,19,20). The number of hydrogen-bond acceptors (Lipinski definition) is 2. The molecule has 2 heterocycles. The molecule has 0 aliphatic carbocycles. The molecule has 1 aromatic carbocycles. The van der Waals surface area contributed by atoms with Crippen molar-refractivity contribution in [3.63, 3.8) is 0 Å². The molecule has 3 aromatic rings. The maximum Gasteiger partial charge on any atom is 0.165 e. The number of fused-ring (bicyclic) bond motifs is 1. The Morgan fingerprint density at radius 3 is 2.95 bits per heavy atom. The molecule has 0 aliphatic heterocycles. The zero-order valence-corrected chi connectivity index (χ0v) is 12.5. The minimum absolute atomic E-state index is 0.120. The molecular formula is C18H17N3O. The Kier molecular flexibility index (Phi) is 3.80. The van der Waals surface area contributed by atoms with E-state index in [1.807, 2.05) is 42.0 Å². The minimum atomic E-state index is 0.120. The molecule has 22 heavy (non-hydrogen) atoms. The fourth-order valence-electron chi connectivity index (χ4n) is 2.70. The van der Waals surface area contributed by atoms with Crippen molar-refractivity contribution in [1.82, 2.24) is 14.5 Å². The first kappa shape index (κ1) is 14.2. The van der Waals surface area contributed by atoms with Gasteiger partial charge in [0.05, 0.1) is 18.6 Å². The van der Waals surface area contributed by atoms with Gasteiger partial charge in [-0.05, 0) is 19.4 Å². The summed E-state index contributed by atoms with van der Waals surface area (Å²) in [7, 11) is 0. The number of Topliss-reactive ketones (excluding diaryl/α,β-unsaturated/α-hetero) is 1. The number of nitrogens with zero attached hydrogens (tertiary/aromatic N) is 2. The van der Waals surface area contributed by atoms with Gasteiger partial charge in [0.2, 0.25) is 0 Å². The number of carbonyl (C=O) groups excluding carboxylic acids is 1. The van der Waals surface area contributed by atoms with Crippen LogP contribution in [-0.2, 0) is 13.0 Å². The van der Waals surface area contributed by atoms with Crippen LogP contribution in [0.2, 0.25) is 0 Å². The van der Waals surface area contributed by atoms with Crippen molar-refractivity contribution in [3.8, 4) is 12.3 Å². The third kappa shape index (κ3) is 2.53. The van der Waals surface area contributed by atoms with Gasteiger partial charge in [0, 0.05) is 34.8 Å². The number of terminal acetylenes is 1. The highest BCUT2D eigenvalue weighted by Crippen LogP contribution is 2.23. The maximum absolute atomic E-state index is 12.6. The number of imidazole rings is 1. The summed E-state index contributed by atoms with van der Waals surface area (Å²) in [6.45, 7) is 2.43. The molecule has 110 valence electrons. The Morgan fingerprint density at radius 2 is 2.23 bits per heavy atom. The number of para-hydroxylation sites is 1. The normalized spacial score (nSPS) is 10.7. The Balaban J connectivity index is 1.88. The largest absolute Gasteiger partial charge is 0.348 e. The first-order chi connectivity index (χ1) is 10.7. The number of rotatable bonds is 5. The molecule has 1 N–H and O–H groups in total. The second kappa shape index (κ2) is 5.90. The van der Waals surface area contributed by atoms with Crippen LogP contribution >= 0.6 is 0 Å². The molecule has 0 radical (unpaired) electrons. The summed E-state index contributed by atoms with van der Waals surface area (Å²) in [6, 6.07) is 7.85. The molecule has 0 bridgehead atoms. The summed E-state index contributed by atoms with van der Waals surface area (Å²) >= 11 is 0. The summed E-state index contributed by atoms with van der Waals surface area (Å²) < 4.78 is 1.95. The first-order valence-electron chi connectivity index (χ1n) is 7.24. The summed E-state index contributed by atoms with van der Waals surface area (Å²) in [5.74, 6) is 2.75. The summed E-state index contributed by atoms with van der Waals surface area (Å²) in [5, 5.41) is 0.960. The van der Waals surface area contributed by atoms with Crippen LogP contribution in [-0.4, -0.2) is 20.3 Å². The lowest BCUT2D eigenvalue weighted by Gasteiger charge is -1.99. The predicted molar refractivity (Wildman–Crippen MR) is 86.7 cm³/mol. The Bertz CT molecular complexity index is 864. The molecule has 0 spiro atoms. The molecule has 0 saturated carbocycles. The van der Waals surface area contributed by atoms with E-state index in [9.17, 15) is 4.79 Å². The number of carbonyl (C=O) groups is 1. The van der Waals surface area contributed by atoms with Crippen molar-refractivity contribution >= 4 is 16.7 Å². The van der Waals surface area contributed by atoms with E-state index in [1.165, 1.54) is 0 Å². The quantitative estimate of drug-likeness (QED) is 0.580. The first-order valence-corrected chi connectivity index (χ1v) is 7.24.